The van der Waals surface area contributed by atoms with Gasteiger partial charge < -0.3 is 15.1 Å². The van der Waals surface area contributed by atoms with Gasteiger partial charge in [-0.1, -0.05) is 13.3 Å². The summed E-state index contributed by atoms with van der Waals surface area (Å²) in [7, 11) is 0. The van der Waals surface area contributed by atoms with Gasteiger partial charge in [-0.25, -0.2) is 14.6 Å². The molecule has 154 valence electrons. The van der Waals surface area contributed by atoms with E-state index in [2.05, 4.69) is 31.9 Å². The molecule has 0 aromatic carbocycles. The van der Waals surface area contributed by atoms with Crippen LogP contribution >= 0.6 is 0 Å². The van der Waals surface area contributed by atoms with Crippen LogP contribution < -0.4 is 10.6 Å². The number of nitrogens with two attached hydrogens (primary N) is 1. The van der Waals surface area contributed by atoms with E-state index in [1.807, 2.05) is 16.8 Å². The summed E-state index contributed by atoms with van der Waals surface area (Å²) in [5.74, 6) is 1.46. The van der Waals surface area contributed by atoms with Gasteiger partial charge in [0.15, 0.2) is 11.4 Å². The zero-order chi connectivity index (χ0) is 20.2. The van der Waals surface area contributed by atoms with Crippen molar-refractivity contribution in [2.45, 2.75) is 52.0 Å². The van der Waals surface area contributed by atoms with Crippen LogP contribution in [0.4, 0.5) is 6.01 Å². The molecule has 4 rings (SSSR count). The number of piperidine rings is 1. The van der Waals surface area contributed by atoms with Gasteiger partial charge in [0.25, 0.3) is 6.01 Å². The van der Waals surface area contributed by atoms with Crippen LogP contribution in [-0.4, -0.2) is 43.7 Å². The van der Waals surface area contributed by atoms with Crippen LogP contribution in [0.15, 0.2) is 22.7 Å². The fourth-order valence-electron chi connectivity index (χ4n) is 3.85. The standard InChI is InChI=1S/C20H27N7O2/c1-2-3-10-27-18(23-17(25-27)12-16(21)28)11-14-6-5-9-26(13-14)20-24-19-15(29-20)7-4-8-22-19/h4,7-8,14H,2-3,5-6,9-13H2,1H3,(H2,21,28). The number of anilines is 1. The van der Waals surface area contributed by atoms with E-state index in [4.69, 9.17) is 10.2 Å². The molecule has 1 atom stereocenters. The Balaban J connectivity index is 1.48. The molecular formula is C20H27N7O2. The highest BCUT2D eigenvalue weighted by molar-refractivity contribution is 5.75. The van der Waals surface area contributed by atoms with Crippen LogP contribution in [0, 0.1) is 5.92 Å². The van der Waals surface area contributed by atoms with Crippen LogP contribution in [-0.2, 0) is 24.2 Å². The zero-order valence-corrected chi connectivity index (χ0v) is 16.8. The Morgan fingerprint density at radius 1 is 1.38 bits per heavy atom. The van der Waals surface area contributed by atoms with Crippen molar-refractivity contribution in [3.63, 3.8) is 0 Å². The number of oxazole rings is 1. The molecule has 0 spiro atoms. The van der Waals surface area contributed by atoms with Gasteiger partial charge >= 0.3 is 0 Å². The summed E-state index contributed by atoms with van der Waals surface area (Å²) in [6.45, 7) is 4.72. The number of nitrogens with zero attached hydrogens (tertiary/aromatic N) is 6. The average Bonchev–Trinajstić information content (AvgIpc) is 3.30. The van der Waals surface area contributed by atoms with Crippen molar-refractivity contribution in [1.29, 1.82) is 0 Å². The summed E-state index contributed by atoms with van der Waals surface area (Å²) in [5.41, 5.74) is 6.67. The first-order chi connectivity index (χ1) is 14.1. The SMILES string of the molecule is CCCCn1nc(CC(N)=O)nc1CC1CCCN(c2nc3ncccc3o2)C1. The number of aryl methyl sites for hydroxylation is 1. The lowest BCUT2D eigenvalue weighted by molar-refractivity contribution is -0.117. The number of hydrogen-bond donors (Lipinski definition) is 1. The molecule has 0 aliphatic carbocycles. The highest BCUT2D eigenvalue weighted by atomic mass is 16.4. The van der Waals surface area contributed by atoms with Crippen LogP contribution in [0.25, 0.3) is 11.2 Å². The first kappa shape index (κ1) is 19.4. The molecule has 9 nitrogen and oxygen atoms in total. The Bertz CT molecular complexity index is 947. The van der Waals surface area contributed by atoms with Crippen LogP contribution in [0.2, 0.25) is 0 Å². The van der Waals surface area contributed by atoms with Gasteiger partial charge in [-0.2, -0.15) is 10.1 Å². The molecule has 1 fully saturated rings. The molecule has 0 radical (unpaired) electrons. The molecule has 3 aromatic rings. The summed E-state index contributed by atoms with van der Waals surface area (Å²) in [6.07, 6.45) is 6.89. The zero-order valence-electron chi connectivity index (χ0n) is 16.8. The first-order valence-electron chi connectivity index (χ1n) is 10.3. The van der Waals surface area contributed by atoms with Crippen molar-refractivity contribution < 1.29 is 9.21 Å². The number of amides is 1. The molecule has 2 N–H and O–H groups in total. The minimum atomic E-state index is -0.405. The number of pyridine rings is 1. The molecule has 3 aromatic heterocycles. The van der Waals surface area contributed by atoms with Crippen LogP contribution in [0.1, 0.15) is 44.3 Å². The number of primary amides is 1. The molecule has 1 unspecified atom stereocenters. The van der Waals surface area contributed by atoms with Gasteiger partial charge in [0.05, 0.1) is 6.42 Å². The molecule has 9 heteroatoms. The summed E-state index contributed by atoms with van der Waals surface area (Å²) in [5, 5.41) is 4.51. The minimum absolute atomic E-state index is 0.0822. The van der Waals surface area contributed by atoms with Crippen LogP contribution in [0.5, 0.6) is 0 Å². The first-order valence-corrected chi connectivity index (χ1v) is 10.3. The van der Waals surface area contributed by atoms with E-state index in [1.54, 1.807) is 6.20 Å². The lowest BCUT2D eigenvalue weighted by Crippen LogP contribution is -2.36. The van der Waals surface area contributed by atoms with Gasteiger partial charge in [0.2, 0.25) is 11.6 Å². The predicted molar refractivity (Wildman–Crippen MR) is 108 cm³/mol. The molecule has 0 bridgehead atoms. The number of carbonyl (C=O) groups is 1. The molecule has 0 saturated carbocycles. The molecule has 1 amide bonds. The van der Waals surface area contributed by atoms with Crippen LogP contribution in [0.3, 0.4) is 0 Å². The van der Waals surface area contributed by atoms with E-state index in [-0.39, 0.29) is 6.42 Å². The van der Waals surface area contributed by atoms with Crippen molar-refractivity contribution in [2.75, 3.05) is 18.0 Å². The highest BCUT2D eigenvalue weighted by Gasteiger charge is 2.26. The average molecular weight is 397 g/mol. The third kappa shape index (κ3) is 4.55. The Morgan fingerprint density at radius 2 is 2.28 bits per heavy atom. The van der Waals surface area contributed by atoms with E-state index in [9.17, 15) is 4.79 Å². The number of rotatable bonds is 8. The van der Waals surface area contributed by atoms with E-state index >= 15 is 0 Å². The largest absolute Gasteiger partial charge is 0.422 e. The minimum Gasteiger partial charge on any atom is -0.422 e. The molecule has 1 saturated heterocycles. The Kier molecular flexibility index (Phi) is 5.73. The normalized spacial score (nSPS) is 17.1. The Morgan fingerprint density at radius 3 is 3.07 bits per heavy atom. The monoisotopic (exact) mass is 397 g/mol. The Hall–Kier alpha value is -2.97. The summed E-state index contributed by atoms with van der Waals surface area (Å²) >= 11 is 0. The van der Waals surface area contributed by atoms with E-state index in [1.165, 1.54) is 0 Å². The number of aromatic nitrogens is 5. The molecule has 1 aliphatic heterocycles. The van der Waals surface area contributed by atoms with Gasteiger partial charge in [0.1, 0.15) is 5.82 Å². The quantitative estimate of drug-likeness (QED) is 0.619. The third-order valence-corrected chi connectivity index (χ3v) is 5.26. The maximum atomic E-state index is 11.3. The van der Waals surface area contributed by atoms with Gasteiger partial charge in [0, 0.05) is 32.3 Å². The summed E-state index contributed by atoms with van der Waals surface area (Å²) < 4.78 is 7.85. The number of hydrogen-bond acceptors (Lipinski definition) is 7. The molecule has 1 aliphatic rings. The third-order valence-electron chi connectivity index (χ3n) is 5.26. The maximum Gasteiger partial charge on any atom is 0.299 e. The van der Waals surface area contributed by atoms with Crippen molar-refractivity contribution in [3.05, 3.63) is 30.0 Å². The van der Waals surface area contributed by atoms with Crippen molar-refractivity contribution >= 4 is 23.2 Å². The number of unbranched alkanes of at least 4 members (excludes halogenated alkanes) is 1. The molecular weight excluding hydrogens is 370 g/mol. The fourth-order valence-corrected chi connectivity index (χ4v) is 3.85. The predicted octanol–water partition coefficient (Wildman–Crippen LogP) is 2.10. The smallest absolute Gasteiger partial charge is 0.299 e. The maximum absolute atomic E-state index is 11.3. The van der Waals surface area contributed by atoms with Crippen molar-refractivity contribution in [2.24, 2.45) is 11.7 Å². The summed E-state index contributed by atoms with van der Waals surface area (Å²) in [4.78, 5) is 26.9. The molecule has 4 heterocycles. The summed E-state index contributed by atoms with van der Waals surface area (Å²) in [6, 6.07) is 4.37. The lowest BCUT2D eigenvalue weighted by atomic mass is 9.94. The molecule has 29 heavy (non-hydrogen) atoms. The van der Waals surface area contributed by atoms with Crippen molar-refractivity contribution in [1.82, 2.24) is 24.7 Å². The lowest BCUT2D eigenvalue weighted by Gasteiger charge is -2.31. The number of carbonyl (C=O) groups excluding carboxylic acids is 1. The second-order valence-corrected chi connectivity index (χ2v) is 7.64. The van der Waals surface area contributed by atoms with Gasteiger partial charge in [-0.05, 0) is 37.3 Å². The second-order valence-electron chi connectivity index (χ2n) is 7.64. The van der Waals surface area contributed by atoms with Crippen molar-refractivity contribution in [3.8, 4) is 0 Å². The number of fused-ring (bicyclic) bond motifs is 1. The second kappa shape index (κ2) is 8.59. The Labute approximate surface area is 169 Å². The fraction of sp³-hybridized carbons (Fsp3) is 0.550. The van der Waals surface area contributed by atoms with E-state index in [0.29, 0.717) is 29.0 Å². The topological polar surface area (TPSA) is 116 Å². The van der Waals surface area contributed by atoms with E-state index < -0.39 is 5.91 Å². The van der Waals surface area contributed by atoms with E-state index in [0.717, 1.165) is 57.6 Å². The van der Waals surface area contributed by atoms with Gasteiger partial charge in [-0.3, -0.25) is 4.79 Å². The van der Waals surface area contributed by atoms with Gasteiger partial charge in [-0.15, -0.1) is 0 Å². The highest BCUT2D eigenvalue weighted by Crippen LogP contribution is 2.27.